The van der Waals surface area contributed by atoms with Crippen molar-refractivity contribution in [2.24, 2.45) is 5.73 Å². The lowest BCUT2D eigenvalue weighted by atomic mass is 10.2. The molecule has 0 aliphatic carbocycles. The first-order valence-corrected chi connectivity index (χ1v) is 5.55. The number of halogens is 1. The van der Waals surface area contributed by atoms with Gasteiger partial charge in [-0.2, -0.15) is 11.8 Å². The van der Waals surface area contributed by atoms with Gasteiger partial charge in [0.2, 0.25) is 0 Å². The van der Waals surface area contributed by atoms with Gasteiger partial charge in [-0.3, -0.25) is 4.79 Å². The van der Waals surface area contributed by atoms with Gasteiger partial charge in [-0.15, -0.1) is 0 Å². The third-order valence-corrected chi connectivity index (χ3v) is 2.90. The molecule has 1 aromatic carbocycles. The highest BCUT2D eigenvalue weighted by Gasteiger charge is 2.10. The smallest absolute Gasteiger partial charge is 0.321 e. The van der Waals surface area contributed by atoms with Crippen LogP contribution in [0.2, 0.25) is 0 Å². The van der Waals surface area contributed by atoms with E-state index < -0.39 is 12.0 Å². The number of carboxylic acids is 1. The number of nitrogens with two attached hydrogens (primary N) is 1. The third kappa shape index (κ3) is 4.31. The second-order valence-corrected chi connectivity index (χ2v) is 4.12. The molecule has 0 fully saturated rings. The standard InChI is InChI=1S/C10H12FNO2S/c11-8-3-1-2-7(4-8)5-15-6-9(12)10(13)14/h1-4,9H,5-6,12H2,(H,13,14)/t9-/m0/s1. The summed E-state index contributed by atoms with van der Waals surface area (Å²) in [5.41, 5.74) is 6.15. The van der Waals surface area contributed by atoms with Crippen molar-refractivity contribution in [2.45, 2.75) is 11.8 Å². The Morgan fingerprint density at radius 3 is 2.93 bits per heavy atom. The van der Waals surface area contributed by atoms with E-state index in [9.17, 15) is 9.18 Å². The van der Waals surface area contributed by atoms with Crippen LogP contribution in [-0.2, 0) is 10.5 Å². The lowest BCUT2D eigenvalue weighted by Crippen LogP contribution is -2.32. The van der Waals surface area contributed by atoms with Crippen molar-refractivity contribution in [3.05, 3.63) is 35.6 Å². The van der Waals surface area contributed by atoms with Gasteiger partial charge in [0.15, 0.2) is 0 Å². The van der Waals surface area contributed by atoms with Crippen molar-refractivity contribution < 1.29 is 14.3 Å². The van der Waals surface area contributed by atoms with E-state index in [1.807, 2.05) is 0 Å². The second-order valence-electron chi connectivity index (χ2n) is 3.09. The lowest BCUT2D eigenvalue weighted by molar-refractivity contribution is -0.137. The van der Waals surface area contributed by atoms with Crippen molar-refractivity contribution in [1.82, 2.24) is 0 Å². The number of hydrogen-bond acceptors (Lipinski definition) is 3. The molecule has 1 atom stereocenters. The molecule has 1 rings (SSSR count). The Labute approximate surface area is 91.5 Å². The summed E-state index contributed by atoms with van der Waals surface area (Å²) in [5.74, 6) is -0.401. The number of aliphatic carboxylic acids is 1. The monoisotopic (exact) mass is 229 g/mol. The molecule has 0 aromatic heterocycles. The summed E-state index contributed by atoms with van der Waals surface area (Å²) in [4.78, 5) is 10.4. The Kier molecular flexibility index (Phi) is 4.58. The fourth-order valence-electron chi connectivity index (χ4n) is 1.00. The zero-order chi connectivity index (χ0) is 11.3. The second kappa shape index (κ2) is 5.72. The van der Waals surface area contributed by atoms with Crippen LogP contribution in [0.4, 0.5) is 4.39 Å². The van der Waals surface area contributed by atoms with Crippen LogP contribution < -0.4 is 5.73 Å². The normalized spacial score (nSPS) is 12.4. The van der Waals surface area contributed by atoms with Crippen LogP contribution in [0.3, 0.4) is 0 Å². The minimum atomic E-state index is -1.01. The number of carboxylic acid groups (broad SMARTS) is 1. The summed E-state index contributed by atoms with van der Waals surface area (Å²) in [6.07, 6.45) is 0. The van der Waals surface area contributed by atoms with Crippen LogP contribution in [0, 0.1) is 5.82 Å². The molecule has 0 saturated heterocycles. The highest BCUT2D eigenvalue weighted by atomic mass is 32.2. The number of hydrogen-bond donors (Lipinski definition) is 2. The maximum Gasteiger partial charge on any atom is 0.321 e. The summed E-state index contributed by atoms with van der Waals surface area (Å²) in [6.45, 7) is 0. The van der Waals surface area contributed by atoms with Gasteiger partial charge in [0.1, 0.15) is 11.9 Å². The molecule has 3 nitrogen and oxygen atoms in total. The Bertz CT molecular complexity index is 346. The van der Waals surface area contributed by atoms with E-state index in [1.165, 1.54) is 23.9 Å². The van der Waals surface area contributed by atoms with E-state index in [2.05, 4.69) is 0 Å². The molecular weight excluding hydrogens is 217 g/mol. The zero-order valence-corrected chi connectivity index (χ0v) is 8.84. The average Bonchev–Trinajstić information content (AvgIpc) is 2.17. The van der Waals surface area contributed by atoms with E-state index in [0.717, 1.165) is 5.56 Å². The quantitative estimate of drug-likeness (QED) is 0.802. The first-order chi connectivity index (χ1) is 7.09. The van der Waals surface area contributed by atoms with Crippen LogP contribution in [0.1, 0.15) is 5.56 Å². The summed E-state index contributed by atoms with van der Waals surface area (Å²) in [5, 5.41) is 8.52. The van der Waals surface area contributed by atoms with Crippen LogP contribution in [0.15, 0.2) is 24.3 Å². The molecule has 0 radical (unpaired) electrons. The van der Waals surface area contributed by atoms with Crippen LogP contribution in [-0.4, -0.2) is 22.9 Å². The number of thioether (sulfide) groups is 1. The van der Waals surface area contributed by atoms with E-state index in [4.69, 9.17) is 10.8 Å². The minimum Gasteiger partial charge on any atom is -0.480 e. The molecule has 0 unspecified atom stereocenters. The third-order valence-electron chi connectivity index (χ3n) is 1.77. The minimum absolute atomic E-state index is 0.282. The molecule has 0 bridgehead atoms. The first kappa shape index (κ1) is 12.0. The number of carbonyl (C=O) groups is 1. The maximum atomic E-state index is 12.8. The maximum absolute atomic E-state index is 12.8. The largest absolute Gasteiger partial charge is 0.480 e. The van der Waals surface area contributed by atoms with Gasteiger partial charge in [-0.05, 0) is 17.7 Å². The van der Waals surface area contributed by atoms with Gasteiger partial charge in [0.05, 0.1) is 0 Å². The molecule has 0 aliphatic heterocycles. The topological polar surface area (TPSA) is 63.3 Å². The zero-order valence-electron chi connectivity index (χ0n) is 8.02. The highest BCUT2D eigenvalue weighted by Crippen LogP contribution is 2.13. The lowest BCUT2D eigenvalue weighted by Gasteiger charge is -2.05. The summed E-state index contributed by atoms with van der Waals surface area (Å²) in [6, 6.07) is 5.37. The van der Waals surface area contributed by atoms with Crippen molar-refractivity contribution in [3.8, 4) is 0 Å². The average molecular weight is 229 g/mol. The van der Waals surface area contributed by atoms with Crippen molar-refractivity contribution in [3.63, 3.8) is 0 Å². The molecule has 3 N–H and O–H groups in total. The van der Waals surface area contributed by atoms with Crippen molar-refractivity contribution in [2.75, 3.05) is 5.75 Å². The van der Waals surface area contributed by atoms with Crippen LogP contribution in [0.25, 0.3) is 0 Å². The van der Waals surface area contributed by atoms with Gasteiger partial charge in [-0.25, -0.2) is 4.39 Å². The molecule has 5 heteroatoms. The van der Waals surface area contributed by atoms with Gasteiger partial charge >= 0.3 is 5.97 Å². The summed E-state index contributed by atoms with van der Waals surface area (Å²) < 4.78 is 12.8. The fourth-order valence-corrected chi connectivity index (χ4v) is 1.93. The van der Waals surface area contributed by atoms with Gasteiger partial charge < -0.3 is 10.8 Å². The molecule has 0 spiro atoms. The summed E-state index contributed by atoms with van der Waals surface area (Å²) in [7, 11) is 0. The molecule has 0 amide bonds. The Morgan fingerprint density at radius 1 is 1.60 bits per heavy atom. The molecule has 82 valence electrons. The van der Waals surface area contributed by atoms with Crippen molar-refractivity contribution in [1.29, 1.82) is 0 Å². The van der Waals surface area contributed by atoms with Crippen LogP contribution in [0.5, 0.6) is 0 Å². The highest BCUT2D eigenvalue weighted by molar-refractivity contribution is 7.98. The predicted molar refractivity (Wildman–Crippen MR) is 58.2 cm³/mol. The van der Waals surface area contributed by atoms with E-state index in [-0.39, 0.29) is 5.82 Å². The molecule has 1 aromatic rings. The Hall–Kier alpha value is -1.07. The van der Waals surface area contributed by atoms with Gasteiger partial charge in [-0.1, -0.05) is 12.1 Å². The van der Waals surface area contributed by atoms with Crippen LogP contribution >= 0.6 is 11.8 Å². The van der Waals surface area contributed by atoms with Crippen molar-refractivity contribution >= 4 is 17.7 Å². The predicted octanol–water partition coefficient (Wildman–Crippen LogP) is 1.47. The van der Waals surface area contributed by atoms with E-state index >= 15 is 0 Å². The number of rotatable bonds is 5. The van der Waals surface area contributed by atoms with E-state index in [1.54, 1.807) is 12.1 Å². The number of benzene rings is 1. The Balaban J connectivity index is 2.35. The van der Waals surface area contributed by atoms with Gasteiger partial charge in [0, 0.05) is 11.5 Å². The van der Waals surface area contributed by atoms with Gasteiger partial charge in [0.25, 0.3) is 0 Å². The molecule has 0 heterocycles. The first-order valence-electron chi connectivity index (χ1n) is 4.40. The molecule has 0 aliphatic rings. The van der Waals surface area contributed by atoms with E-state index in [0.29, 0.717) is 11.5 Å². The fraction of sp³-hybridized carbons (Fsp3) is 0.300. The summed E-state index contributed by atoms with van der Waals surface area (Å²) >= 11 is 1.38. The molecular formula is C10H12FNO2S. The molecule has 15 heavy (non-hydrogen) atoms. The SMILES string of the molecule is N[C@@H](CSCc1cccc(F)c1)C(=O)O. The Morgan fingerprint density at radius 2 is 2.33 bits per heavy atom. The molecule has 0 saturated carbocycles.